The van der Waals surface area contributed by atoms with Crippen LogP contribution in [0, 0.1) is 6.92 Å². The van der Waals surface area contributed by atoms with Gasteiger partial charge in [-0.25, -0.2) is 4.79 Å². The molecule has 7 heteroatoms. The quantitative estimate of drug-likeness (QED) is 0.883. The van der Waals surface area contributed by atoms with E-state index < -0.39 is 5.97 Å². The van der Waals surface area contributed by atoms with Crippen LogP contribution in [0.4, 0.5) is 5.00 Å². The summed E-state index contributed by atoms with van der Waals surface area (Å²) in [6.07, 6.45) is 1.76. The maximum atomic E-state index is 11.8. The largest absolute Gasteiger partial charge is 0.477 e. The number of hydrogen-bond donors (Lipinski definition) is 2. The summed E-state index contributed by atoms with van der Waals surface area (Å²) in [5, 5.41) is 12.1. The number of nitrogens with zero attached hydrogens (tertiary/aromatic N) is 1. The Kier molecular flexibility index (Phi) is 4.54. The first kappa shape index (κ1) is 15.0. The minimum atomic E-state index is -1.01. The van der Waals surface area contributed by atoms with E-state index in [0.29, 0.717) is 10.6 Å². The first-order valence-corrected chi connectivity index (χ1v) is 7.08. The molecule has 0 aliphatic rings. The van der Waals surface area contributed by atoms with Gasteiger partial charge >= 0.3 is 5.97 Å². The fourth-order valence-electron chi connectivity index (χ4n) is 1.82. The molecule has 21 heavy (non-hydrogen) atoms. The topological polar surface area (TPSA) is 88.4 Å². The number of amides is 1. The van der Waals surface area contributed by atoms with E-state index >= 15 is 0 Å². The Bertz CT molecular complexity index is 733. The van der Waals surface area contributed by atoms with Gasteiger partial charge in [-0.2, -0.15) is 0 Å². The molecule has 2 heterocycles. The molecule has 2 N–H and O–H groups in total. The number of hydrogen-bond acceptors (Lipinski definition) is 4. The predicted octanol–water partition coefficient (Wildman–Crippen LogP) is 1.95. The van der Waals surface area contributed by atoms with Gasteiger partial charge in [-0.05, 0) is 24.6 Å². The molecule has 0 radical (unpaired) electrons. The summed E-state index contributed by atoms with van der Waals surface area (Å²) in [6.45, 7) is 1.96. The van der Waals surface area contributed by atoms with Gasteiger partial charge in [-0.1, -0.05) is 6.07 Å². The van der Waals surface area contributed by atoms with E-state index in [-0.39, 0.29) is 29.3 Å². The summed E-state index contributed by atoms with van der Waals surface area (Å²) in [7, 11) is 0. The lowest BCUT2D eigenvalue weighted by Gasteiger charge is -2.05. The summed E-state index contributed by atoms with van der Waals surface area (Å²) in [5.41, 5.74) is 0.451. The van der Waals surface area contributed by atoms with Gasteiger partial charge in [0.15, 0.2) is 0 Å². The van der Waals surface area contributed by atoms with Crippen molar-refractivity contribution in [3.63, 3.8) is 0 Å². The van der Waals surface area contributed by atoms with E-state index in [0.717, 1.165) is 11.3 Å². The molecule has 2 aromatic heterocycles. The molecule has 0 aliphatic carbocycles. The Morgan fingerprint density at radius 2 is 2.14 bits per heavy atom. The number of aryl methyl sites for hydroxylation is 2. The third-order valence-electron chi connectivity index (χ3n) is 2.85. The fraction of sp³-hybridized carbons (Fsp3) is 0.214. The highest BCUT2D eigenvalue weighted by atomic mass is 32.1. The summed E-state index contributed by atoms with van der Waals surface area (Å²) in [5.74, 6) is -1.27. The molecule has 0 aromatic carbocycles. The van der Waals surface area contributed by atoms with Gasteiger partial charge in [-0.15, -0.1) is 11.3 Å². The van der Waals surface area contributed by atoms with Crippen LogP contribution >= 0.6 is 11.3 Å². The second kappa shape index (κ2) is 6.36. The lowest BCUT2D eigenvalue weighted by molar-refractivity contribution is -0.116. The smallest absolute Gasteiger partial charge is 0.346 e. The number of anilines is 1. The van der Waals surface area contributed by atoms with Gasteiger partial charge in [0.1, 0.15) is 4.88 Å². The van der Waals surface area contributed by atoms with Gasteiger partial charge in [-0.3, -0.25) is 9.59 Å². The average molecular weight is 306 g/mol. The number of carboxylic acid groups (broad SMARTS) is 1. The SMILES string of the molecule is Cc1cc(NC(=O)CCn2ccccc2=O)sc1C(=O)O. The first-order valence-electron chi connectivity index (χ1n) is 6.26. The molecule has 0 spiro atoms. The number of nitrogens with one attached hydrogen (secondary N) is 1. The van der Waals surface area contributed by atoms with E-state index in [9.17, 15) is 14.4 Å². The predicted molar refractivity (Wildman–Crippen MR) is 80.0 cm³/mol. The zero-order valence-electron chi connectivity index (χ0n) is 11.3. The van der Waals surface area contributed by atoms with E-state index in [1.54, 1.807) is 31.3 Å². The van der Waals surface area contributed by atoms with Crippen molar-refractivity contribution in [2.24, 2.45) is 0 Å². The van der Waals surface area contributed by atoms with Crippen LogP contribution in [0.1, 0.15) is 21.7 Å². The van der Waals surface area contributed by atoms with E-state index in [1.807, 2.05) is 0 Å². The highest BCUT2D eigenvalue weighted by Crippen LogP contribution is 2.26. The minimum absolute atomic E-state index is 0.142. The zero-order chi connectivity index (χ0) is 15.4. The molecular formula is C14H14N2O4S. The number of aromatic nitrogens is 1. The van der Waals surface area contributed by atoms with Crippen LogP contribution in [0.15, 0.2) is 35.3 Å². The lowest BCUT2D eigenvalue weighted by Crippen LogP contribution is -2.21. The number of carboxylic acids is 1. The summed E-state index contributed by atoms with van der Waals surface area (Å²) in [6, 6.07) is 6.42. The standard InChI is InChI=1S/C14H14N2O4S/c1-9-8-11(21-13(9)14(19)20)15-10(17)5-7-16-6-3-2-4-12(16)18/h2-4,6,8H,5,7H2,1H3,(H,15,17)(H,19,20). The van der Waals surface area contributed by atoms with Crippen molar-refractivity contribution in [1.29, 1.82) is 0 Å². The van der Waals surface area contributed by atoms with Gasteiger partial charge in [0.05, 0.1) is 5.00 Å². The van der Waals surface area contributed by atoms with Crippen LogP contribution in [0.25, 0.3) is 0 Å². The van der Waals surface area contributed by atoms with Gasteiger partial charge in [0, 0.05) is 25.2 Å². The van der Waals surface area contributed by atoms with E-state index in [2.05, 4.69) is 5.32 Å². The number of thiophene rings is 1. The fourth-order valence-corrected chi connectivity index (χ4v) is 2.75. The molecule has 0 saturated carbocycles. The Morgan fingerprint density at radius 1 is 1.38 bits per heavy atom. The highest BCUT2D eigenvalue weighted by Gasteiger charge is 2.13. The third kappa shape index (κ3) is 3.79. The molecule has 6 nitrogen and oxygen atoms in total. The molecular weight excluding hydrogens is 292 g/mol. The molecule has 1 amide bonds. The van der Waals surface area contributed by atoms with Gasteiger partial charge < -0.3 is 15.0 Å². The van der Waals surface area contributed by atoms with Crippen molar-refractivity contribution in [1.82, 2.24) is 4.57 Å². The molecule has 0 fully saturated rings. The average Bonchev–Trinajstić information content (AvgIpc) is 2.79. The molecule has 0 aliphatic heterocycles. The van der Waals surface area contributed by atoms with E-state index in [4.69, 9.17) is 5.11 Å². The number of carbonyl (C=O) groups is 2. The Balaban J connectivity index is 1.96. The van der Waals surface area contributed by atoms with Crippen molar-refractivity contribution in [3.05, 3.63) is 51.3 Å². The molecule has 2 rings (SSSR count). The molecule has 0 saturated heterocycles. The van der Waals surface area contributed by atoms with Crippen LogP contribution in [0.3, 0.4) is 0 Å². The molecule has 0 bridgehead atoms. The molecule has 110 valence electrons. The normalized spacial score (nSPS) is 10.3. The summed E-state index contributed by atoms with van der Waals surface area (Å²) < 4.78 is 1.45. The second-order valence-electron chi connectivity index (χ2n) is 4.46. The van der Waals surface area contributed by atoms with Crippen LogP contribution < -0.4 is 10.9 Å². The van der Waals surface area contributed by atoms with Crippen molar-refractivity contribution in [2.75, 3.05) is 5.32 Å². The van der Waals surface area contributed by atoms with Crippen LogP contribution in [0.2, 0.25) is 0 Å². The number of pyridine rings is 1. The summed E-state index contributed by atoms with van der Waals surface area (Å²) in [4.78, 5) is 34.4. The number of aromatic carboxylic acids is 1. The van der Waals surface area contributed by atoms with E-state index in [1.165, 1.54) is 10.6 Å². The third-order valence-corrected chi connectivity index (χ3v) is 3.99. The molecule has 0 unspecified atom stereocenters. The van der Waals surface area contributed by atoms with Crippen LogP contribution in [-0.2, 0) is 11.3 Å². The molecule has 0 atom stereocenters. The molecule has 2 aromatic rings. The van der Waals surface area contributed by atoms with Crippen molar-refractivity contribution in [2.45, 2.75) is 19.9 Å². The maximum absolute atomic E-state index is 11.8. The Labute approximate surface area is 124 Å². The maximum Gasteiger partial charge on any atom is 0.346 e. The second-order valence-corrected chi connectivity index (χ2v) is 5.51. The monoisotopic (exact) mass is 306 g/mol. The van der Waals surface area contributed by atoms with Crippen LogP contribution in [0.5, 0.6) is 0 Å². The number of rotatable bonds is 5. The minimum Gasteiger partial charge on any atom is -0.477 e. The first-order chi connectivity index (χ1) is 9.97. The Hall–Kier alpha value is -2.41. The highest BCUT2D eigenvalue weighted by molar-refractivity contribution is 7.18. The Morgan fingerprint density at radius 3 is 2.76 bits per heavy atom. The zero-order valence-corrected chi connectivity index (χ0v) is 12.1. The van der Waals surface area contributed by atoms with Crippen molar-refractivity contribution < 1.29 is 14.7 Å². The van der Waals surface area contributed by atoms with Crippen molar-refractivity contribution >= 4 is 28.2 Å². The van der Waals surface area contributed by atoms with Crippen molar-refractivity contribution in [3.8, 4) is 0 Å². The van der Waals surface area contributed by atoms with Gasteiger partial charge in [0.2, 0.25) is 5.91 Å². The van der Waals surface area contributed by atoms with Crippen LogP contribution in [-0.4, -0.2) is 21.6 Å². The summed E-state index contributed by atoms with van der Waals surface area (Å²) >= 11 is 1.02. The number of carbonyl (C=O) groups excluding carboxylic acids is 1. The lowest BCUT2D eigenvalue weighted by atomic mass is 10.3. The van der Waals surface area contributed by atoms with Gasteiger partial charge in [0.25, 0.3) is 5.56 Å².